The molecule has 4 rings (SSSR count). The zero-order valence-electron chi connectivity index (χ0n) is 17.2. The van der Waals surface area contributed by atoms with E-state index in [1.807, 2.05) is 19.1 Å². The Hall–Kier alpha value is -2.92. The maximum absolute atomic E-state index is 12.7. The zero-order valence-corrected chi connectivity index (χ0v) is 17.2. The van der Waals surface area contributed by atoms with E-state index in [9.17, 15) is 4.79 Å². The maximum atomic E-state index is 12.7. The summed E-state index contributed by atoms with van der Waals surface area (Å²) in [5, 5.41) is 10.6. The quantitative estimate of drug-likeness (QED) is 0.673. The highest BCUT2D eigenvalue weighted by molar-refractivity contribution is 6.01. The molecule has 0 atom stereocenters. The number of hydrogen-bond acceptors (Lipinski definition) is 4. The highest BCUT2D eigenvalue weighted by Gasteiger charge is 2.25. The zero-order chi connectivity index (χ0) is 20.4. The number of nitrogens with zero attached hydrogens (tertiary/aromatic N) is 1. The van der Waals surface area contributed by atoms with Crippen molar-refractivity contribution in [2.24, 2.45) is 0 Å². The number of rotatable bonds is 5. The molecule has 0 radical (unpaired) electrons. The first-order valence-corrected chi connectivity index (χ1v) is 10.3. The van der Waals surface area contributed by atoms with Gasteiger partial charge in [0.2, 0.25) is 5.76 Å². The monoisotopic (exact) mass is 389 g/mol. The van der Waals surface area contributed by atoms with Crippen LogP contribution >= 0.6 is 0 Å². The standard InChI is InChI=1S/C24H27N3O2/c1-4-26-24(28)23-21(18-8-9-20-14-25-11-10-17(20)13-18)22(27-29-23)19-7-5-6-16(12-19)15(2)3/h5-9,12-13,15,25H,4,10-11,14H2,1-3H3,(H,26,28). The Labute approximate surface area is 171 Å². The summed E-state index contributed by atoms with van der Waals surface area (Å²) in [6.07, 6.45) is 0.975. The second-order valence-corrected chi connectivity index (χ2v) is 7.79. The van der Waals surface area contributed by atoms with Gasteiger partial charge in [0.15, 0.2) is 0 Å². The molecule has 0 aliphatic carbocycles. The van der Waals surface area contributed by atoms with Crippen LogP contribution in [-0.4, -0.2) is 24.2 Å². The number of benzene rings is 2. The molecule has 150 valence electrons. The van der Waals surface area contributed by atoms with Gasteiger partial charge in [-0.1, -0.05) is 55.4 Å². The first kappa shape index (κ1) is 19.4. The second kappa shape index (κ2) is 8.21. The number of hydrogen-bond donors (Lipinski definition) is 2. The lowest BCUT2D eigenvalue weighted by Crippen LogP contribution is -2.24. The van der Waals surface area contributed by atoms with Gasteiger partial charge in [0, 0.05) is 18.7 Å². The highest BCUT2D eigenvalue weighted by Crippen LogP contribution is 2.37. The van der Waals surface area contributed by atoms with Crippen molar-refractivity contribution in [3.05, 3.63) is 64.9 Å². The molecule has 2 heterocycles. The summed E-state index contributed by atoms with van der Waals surface area (Å²) < 4.78 is 5.59. The van der Waals surface area contributed by atoms with Crippen LogP contribution in [0.5, 0.6) is 0 Å². The minimum atomic E-state index is -0.236. The van der Waals surface area contributed by atoms with Crippen molar-refractivity contribution in [1.82, 2.24) is 15.8 Å². The van der Waals surface area contributed by atoms with E-state index in [2.05, 4.69) is 60.0 Å². The Balaban J connectivity index is 1.87. The van der Waals surface area contributed by atoms with E-state index >= 15 is 0 Å². The molecule has 2 aromatic carbocycles. The van der Waals surface area contributed by atoms with Crippen molar-refractivity contribution < 1.29 is 9.32 Å². The van der Waals surface area contributed by atoms with Crippen LogP contribution in [0, 0.1) is 0 Å². The minimum absolute atomic E-state index is 0.236. The summed E-state index contributed by atoms with van der Waals surface area (Å²) in [5.74, 6) is 0.441. The first-order chi connectivity index (χ1) is 14.1. The first-order valence-electron chi connectivity index (χ1n) is 10.3. The molecule has 0 saturated heterocycles. The number of fused-ring (bicyclic) bond motifs is 1. The van der Waals surface area contributed by atoms with Crippen molar-refractivity contribution in [2.45, 2.75) is 39.7 Å². The fourth-order valence-electron chi connectivity index (χ4n) is 3.83. The largest absolute Gasteiger partial charge is 0.350 e. The Kier molecular flexibility index (Phi) is 5.49. The van der Waals surface area contributed by atoms with Crippen LogP contribution in [0.15, 0.2) is 47.0 Å². The molecule has 5 nitrogen and oxygen atoms in total. The second-order valence-electron chi connectivity index (χ2n) is 7.79. The number of aromatic nitrogens is 1. The summed E-state index contributed by atoms with van der Waals surface area (Å²) in [7, 11) is 0. The molecular weight excluding hydrogens is 362 g/mol. The van der Waals surface area contributed by atoms with Crippen LogP contribution in [0.2, 0.25) is 0 Å². The Morgan fingerprint density at radius 1 is 1.17 bits per heavy atom. The topological polar surface area (TPSA) is 67.2 Å². The lowest BCUT2D eigenvalue weighted by Gasteiger charge is -2.18. The van der Waals surface area contributed by atoms with Crippen molar-refractivity contribution in [3.63, 3.8) is 0 Å². The van der Waals surface area contributed by atoms with E-state index in [0.717, 1.165) is 36.2 Å². The van der Waals surface area contributed by atoms with Gasteiger partial charge in [0.1, 0.15) is 5.69 Å². The van der Waals surface area contributed by atoms with Crippen LogP contribution in [0.4, 0.5) is 0 Å². The van der Waals surface area contributed by atoms with E-state index in [1.54, 1.807) is 0 Å². The predicted octanol–water partition coefficient (Wildman–Crippen LogP) is 4.53. The summed E-state index contributed by atoms with van der Waals surface area (Å²) in [5.41, 5.74) is 7.25. The molecule has 0 spiro atoms. The molecule has 0 bridgehead atoms. The van der Waals surface area contributed by atoms with E-state index in [4.69, 9.17) is 4.52 Å². The molecule has 3 aromatic rings. The number of carbonyl (C=O) groups excluding carboxylic acids is 1. The normalized spacial score (nSPS) is 13.4. The smallest absolute Gasteiger partial charge is 0.290 e. The molecule has 0 fully saturated rings. The molecule has 5 heteroatoms. The van der Waals surface area contributed by atoms with Crippen molar-refractivity contribution in [2.75, 3.05) is 13.1 Å². The molecule has 1 aromatic heterocycles. The van der Waals surface area contributed by atoms with E-state index < -0.39 is 0 Å². The molecule has 1 aliphatic heterocycles. The summed E-state index contributed by atoms with van der Waals surface area (Å²) in [4.78, 5) is 12.7. The Morgan fingerprint density at radius 2 is 2.03 bits per heavy atom. The molecule has 1 aliphatic rings. The van der Waals surface area contributed by atoms with E-state index in [1.165, 1.54) is 16.7 Å². The summed E-state index contributed by atoms with van der Waals surface area (Å²) in [6, 6.07) is 14.7. The third kappa shape index (κ3) is 3.83. The van der Waals surface area contributed by atoms with Gasteiger partial charge in [0.25, 0.3) is 5.91 Å². The van der Waals surface area contributed by atoms with Gasteiger partial charge in [-0.2, -0.15) is 0 Å². The fraction of sp³-hybridized carbons (Fsp3) is 0.333. The summed E-state index contributed by atoms with van der Waals surface area (Å²) >= 11 is 0. The minimum Gasteiger partial charge on any atom is -0.350 e. The van der Waals surface area contributed by atoms with Gasteiger partial charge in [-0.3, -0.25) is 4.79 Å². The van der Waals surface area contributed by atoms with Crippen LogP contribution in [0.3, 0.4) is 0 Å². The number of amides is 1. The van der Waals surface area contributed by atoms with Gasteiger partial charge in [-0.25, -0.2) is 0 Å². The highest BCUT2D eigenvalue weighted by atomic mass is 16.5. The lowest BCUT2D eigenvalue weighted by atomic mass is 9.92. The van der Waals surface area contributed by atoms with Gasteiger partial charge in [0.05, 0.1) is 5.56 Å². The fourth-order valence-corrected chi connectivity index (χ4v) is 3.83. The third-order valence-electron chi connectivity index (χ3n) is 5.44. The average molecular weight is 389 g/mol. The van der Waals surface area contributed by atoms with Crippen LogP contribution in [-0.2, 0) is 13.0 Å². The van der Waals surface area contributed by atoms with Gasteiger partial charge < -0.3 is 15.2 Å². The number of carbonyl (C=O) groups is 1. The van der Waals surface area contributed by atoms with Crippen LogP contribution in [0.25, 0.3) is 22.4 Å². The molecule has 1 amide bonds. The average Bonchev–Trinajstić information content (AvgIpc) is 3.19. The molecular formula is C24H27N3O2. The number of nitrogens with one attached hydrogen (secondary N) is 2. The van der Waals surface area contributed by atoms with E-state index in [0.29, 0.717) is 18.2 Å². The molecule has 0 saturated carbocycles. The van der Waals surface area contributed by atoms with Crippen molar-refractivity contribution in [1.29, 1.82) is 0 Å². The van der Waals surface area contributed by atoms with Crippen molar-refractivity contribution >= 4 is 5.91 Å². The van der Waals surface area contributed by atoms with Crippen molar-refractivity contribution in [3.8, 4) is 22.4 Å². The predicted molar refractivity (Wildman–Crippen MR) is 115 cm³/mol. The lowest BCUT2D eigenvalue weighted by molar-refractivity contribution is 0.0920. The van der Waals surface area contributed by atoms with Gasteiger partial charge in [-0.05, 0) is 54.1 Å². The SMILES string of the molecule is CCNC(=O)c1onc(-c2cccc(C(C)C)c2)c1-c1ccc2c(c1)CCNC2. The van der Waals surface area contributed by atoms with Crippen LogP contribution < -0.4 is 10.6 Å². The molecule has 0 unspecified atom stereocenters. The van der Waals surface area contributed by atoms with Crippen LogP contribution in [0.1, 0.15) is 53.9 Å². The maximum Gasteiger partial charge on any atom is 0.290 e. The third-order valence-corrected chi connectivity index (χ3v) is 5.44. The van der Waals surface area contributed by atoms with Gasteiger partial charge >= 0.3 is 0 Å². The van der Waals surface area contributed by atoms with Gasteiger partial charge in [-0.15, -0.1) is 0 Å². The Morgan fingerprint density at radius 3 is 2.83 bits per heavy atom. The molecule has 29 heavy (non-hydrogen) atoms. The van der Waals surface area contributed by atoms with E-state index in [-0.39, 0.29) is 11.7 Å². The molecule has 2 N–H and O–H groups in total. The summed E-state index contributed by atoms with van der Waals surface area (Å²) in [6.45, 7) is 8.61. The Bertz CT molecular complexity index is 1040.